The molecule has 5 heteroatoms. The maximum Gasteiger partial charge on any atom is 0.129 e. The van der Waals surface area contributed by atoms with Crippen LogP contribution in [0.2, 0.25) is 10.0 Å². The second-order valence-corrected chi connectivity index (χ2v) is 4.86. The maximum atomic E-state index is 13.5. The molecule has 2 aromatic carbocycles. The molecule has 2 N–H and O–H groups in total. The molecular weight excluding hydrogens is 288 g/mol. The first-order valence-electron chi connectivity index (χ1n) is 5.69. The van der Waals surface area contributed by atoms with E-state index in [1.54, 1.807) is 36.4 Å². The summed E-state index contributed by atoms with van der Waals surface area (Å²) in [6.07, 6.45) is -0.935. The summed E-state index contributed by atoms with van der Waals surface area (Å²) in [6, 6.07) is 11.2. The van der Waals surface area contributed by atoms with Gasteiger partial charge in [0.15, 0.2) is 0 Å². The van der Waals surface area contributed by atoms with Crippen molar-refractivity contribution in [1.82, 2.24) is 0 Å². The first-order valence-corrected chi connectivity index (χ1v) is 6.45. The Bertz CT molecular complexity index is 577. The molecule has 0 fully saturated rings. The van der Waals surface area contributed by atoms with Crippen molar-refractivity contribution in [2.75, 3.05) is 11.9 Å². The van der Waals surface area contributed by atoms with E-state index in [0.717, 1.165) is 0 Å². The summed E-state index contributed by atoms with van der Waals surface area (Å²) in [5, 5.41) is 13.8. The number of rotatable bonds is 4. The Balaban J connectivity index is 2.02. The van der Waals surface area contributed by atoms with E-state index in [0.29, 0.717) is 15.7 Å². The first-order chi connectivity index (χ1) is 9.08. The standard InChI is InChI=1S/C14H12Cl2FNO/c15-11-6-5-9(7-12(11)16)18-8-14(19)10-3-1-2-4-13(10)17/h1-7,14,18-19H,8H2. The molecule has 0 saturated heterocycles. The molecule has 0 aliphatic rings. The van der Waals surface area contributed by atoms with Crippen molar-refractivity contribution in [3.05, 3.63) is 63.9 Å². The van der Waals surface area contributed by atoms with Gasteiger partial charge in [-0.15, -0.1) is 0 Å². The summed E-state index contributed by atoms with van der Waals surface area (Å²) in [7, 11) is 0. The predicted molar refractivity (Wildman–Crippen MR) is 76.3 cm³/mol. The van der Waals surface area contributed by atoms with Crippen LogP contribution in [-0.2, 0) is 0 Å². The van der Waals surface area contributed by atoms with Gasteiger partial charge in [-0.2, -0.15) is 0 Å². The van der Waals surface area contributed by atoms with E-state index < -0.39 is 11.9 Å². The van der Waals surface area contributed by atoms with E-state index in [2.05, 4.69) is 5.32 Å². The second-order valence-electron chi connectivity index (χ2n) is 4.05. The monoisotopic (exact) mass is 299 g/mol. The van der Waals surface area contributed by atoms with Crippen LogP contribution in [0.15, 0.2) is 42.5 Å². The highest BCUT2D eigenvalue weighted by Crippen LogP contribution is 2.25. The summed E-state index contributed by atoms with van der Waals surface area (Å²) in [6.45, 7) is 0.179. The van der Waals surface area contributed by atoms with Crippen LogP contribution in [0.25, 0.3) is 0 Å². The molecule has 1 atom stereocenters. The van der Waals surface area contributed by atoms with E-state index in [1.165, 1.54) is 6.07 Å². The minimum atomic E-state index is -0.935. The van der Waals surface area contributed by atoms with Crippen molar-refractivity contribution < 1.29 is 9.50 Å². The molecular formula is C14H12Cl2FNO. The third-order valence-corrected chi connectivity index (χ3v) is 3.42. The van der Waals surface area contributed by atoms with Crippen LogP contribution >= 0.6 is 23.2 Å². The van der Waals surface area contributed by atoms with Gasteiger partial charge in [0.25, 0.3) is 0 Å². The summed E-state index contributed by atoms with van der Waals surface area (Å²) >= 11 is 11.7. The molecule has 0 aliphatic heterocycles. The minimum Gasteiger partial charge on any atom is -0.386 e. The van der Waals surface area contributed by atoms with E-state index in [4.69, 9.17) is 23.2 Å². The molecule has 2 aromatic rings. The second kappa shape index (κ2) is 6.24. The summed E-state index contributed by atoms with van der Waals surface area (Å²) < 4.78 is 13.5. The lowest BCUT2D eigenvalue weighted by Crippen LogP contribution is -2.13. The lowest BCUT2D eigenvalue weighted by molar-refractivity contribution is 0.186. The third kappa shape index (κ3) is 3.60. The number of aliphatic hydroxyl groups excluding tert-OH is 1. The lowest BCUT2D eigenvalue weighted by Gasteiger charge is -2.14. The van der Waals surface area contributed by atoms with Gasteiger partial charge < -0.3 is 10.4 Å². The lowest BCUT2D eigenvalue weighted by atomic mass is 10.1. The molecule has 0 bridgehead atoms. The molecule has 0 radical (unpaired) electrons. The predicted octanol–water partition coefficient (Wildman–Crippen LogP) is 4.28. The molecule has 19 heavy (non-hydrogen) atoms. The Morgan fingerprint density at radius 1 is 1.11 bits per heavy atom. The average molecular weight is 300 g/mol. The zero-order chi connectivity index (χ0) is 13.8. The largest absolute Gasteiger partial charge is 0.386 e. The number of halogens is 3. The van der Waals surface area contributed by atoms with Gasteiger partial charge in [0.05, 0.1) is 16.1 Å². The highest BCUT2D eigenvalue weighted by molar-refractivity contribution is 6.42. The average Bonchev–Trinajstić information content (AvgIpc) is 2.40. The molecule has 2 nitrogen and oxygen atoms in total. The van der Waals surface area contributed by atoms with Gasteiger partial charge in [0.1, 0.15) is 5.82 Å². The van der Waals surface area contributed by atoms with E-state index in [-0.39, 0.29) is 12.1 Å². The first kappa shape index (κ1) is 14.1. The van der Waals surface area contributed by atoms with E-state index >= 15 is 0 Å². The fraction of sp³-hybridized carbons (Fsp3) is 0.143. The molecule has 2 rings (SSSR count). The number of hydrogen-bond donors (Lipinski definition) is 2. The van der Waals surface area contributed by atoms with Gasteiger partial charge in [-0.25, -0.2) is 4.39 Å². The Morgan fingerprint density at radius 3 is 2.53 bits per heavy atom. The Morgan fingerprint density at radius 2 is 1.84 bits per heavy atom. The van der Waals surface area contributed by atoms with E-state index in [1.807, 2.05) is 0 Å². The Labute approximate surface area is 120 Å². The summed E-state index contributed by atoms with van der Waals surface area (Å²) in [5.41, 5.74) is 0.972. The molecule has 0 heterocycles. The molecule has 0 aromatic heterocycles. The van der Waals surface area contributed by atoms with Crippen LogP contribution in [0.1, 0.15) is 11.7 Å². The number of hydrogen-bond acceptors (Lipinski definition) is 2. The SMILES string of the molecule is OC(CNc1ccc(Cl)c(Cl)c1)c1ccccc1F. The van der Waals surface area contributed by atoms with Crippen LogP contribution < -0.4 is 5.32 Å². The third-order valence-electron chi connectivity index (χ3n) is 2.68. The zero-order valence-corrected chi connectivity index (χ0v) is 11.4. The quantitative estimate of drug-likeness (QED) is 0.883. The summed E-state index contributed by atoms with van der Waals surface area (Å²) in [5.74, 6) is -0.425. The Kier molecular flexibility index (Phi) is 4.64. The molecule has 0 aliphatic carbocycles. The molecule has 0 spiro atoms. The zero-order valence-electron chi connectivity index (χ0n) is 9.91. The molecule has 0 amide bonds. The highest BCUT2D eigenvalue weighted by atomic mass is 35.5. The Hall–Kier alpha value is -1.29. The maximum absolute atomic E-state index is 13.5. The van der Waals surface area contributed by atoms with Crippen LogP contribution in [0, 0.1) is 5.82 Å². The van der Waals surface area contributed by atoms with Crippen molar-refractivity contribution in [3.8, 4) is 0 Å². The fourth-order valence-electron chi connectivity index (χ4n) is 1.68. The smallest absolute Gasteiger partial charge is 0.129 e. The highest BCUT2D eigenvalue weighted by Gasteiger charge is 2.11. The molecule has 0 saturated carbocycles. The van der Waals surface area contributed by atoms with Crippen LogP contribution in [-0.4, -0.2) is 11.7 Å². The van der Waals surface area contributed by atoms with Crippen molar-refractivity contribution in [2.45, 2.75) is 6.10 Å². The van der Waals surface area contributed by atoms with Crippen LogP contribution in [0.5, 0.6) is 0 Å². The normalized spacial score (nSPS) is 12.2. The number of benzene rings is 2. The molecule has 100 valence electrons. The molecule has 1 unspecified atom stereocenters. The van der Waals surface area contributed by atoms with E-state index in [9.17, 15) is 9.50 Å². The van der Waals surface area contributed by atoms with Gasteiger partial charge in [-0.1, -0.05) is 41.4 Å². The van der Waals surface area contributed by atoms with Gasteiger partial charge in [-0.3, -0.25) is 0 Å². The van der Waals surface area contributed by atoms with Gasteiger partial charge >= 0.3 is 0 Å². The van der Waals surface area contributed by atoms with Crippen molar-refractivity contribution in [1.29, 1.82) is 0 Å². The minimum absolute atomic E-state index is 0.179. The van der Waals surface area contributed by atoms with Crippen molar-refractivity contribution in [2.24, 2.45) is 0 Å². The van der Waals surface area contributed by atoms with Crippen molar-refractivity contribution >= 4 is 28.9 Å². The topological polar surface area (TPSA) is 32.3 Å². The number of anilines is 1. The number of aliphatic hydroxyl groups is 1. The fourth-order valence-corrected chi connectivity index (χ4v) is 1.97. The van der Waals surface area contributed by atoms with Gasteiger partial charge in [0, 0.05) is 17.8 Å². The van der Waals surface area contributed by atoms with Crippen LogP contribution in [0.3, 0.4) is 0 Å². The number of nitrogens with one attached hydrogen (secondary N) is 1. The van der Waals surface area contributed by atoms with Crippen molar-refractivity contribution in [3.63, 3.8) is 0 Å². The van der Waals surface area contributed by atoms with Crippen LogP contribution in [0.4, 0.5) is 10.1 Å². The van der Waals surface area contributed by atoms with Gasteiger partial charge in [0.2, 0.25) is 0 Å². The van der Waals surface area contributed by atoms with Gasteiger partial charge in [-0.05, 0) is 24.3 Å². The summed E-state index contributed by atoms with van der Waals surface area (Å²) in [4.78, 5) is 0.